The number of nitrogens with zero attached hydrogens (tertiary/aromatic N) is 3. The molecule has 0 saturated heterocycles. The monoisotopic (exact) mass is 226 g/mol. The van der Waals surface area contributed by atoms with Gasteiger partial charge in [-0.3, -0.25) is 10.1 Å². The molecule has 0 amide bonds. The van der Waals surface area contributed by atoms with Crippen LogP contribution in [0.25, 0.3) is 16.1 Å². The first-order valence-corrected chi connectivity index (χ1v) is 4.91. The third-order valence-corrected chi connectivity index (χ3v) is 2.39. The molecule has 2 rings (SSSR count). The number of hydrogen-bond acceptors (Lipinski definition) is 3. The highest BCUT2D eigenvalue weighted by Gasteiger charge is 2.07. The lowest BCUT2D eigenvalue weighted by Crippen LogP contribution is -1.86. The van der Waals surface area contributed by atoms with Gasteiger partial charge in [0.2, 0.25) is 5.39 Å². The van der Waals surface area contributed by atoms with Gasteiger partial charge in [-0.2, -0.15) is 0 Å². The van der Waals surface area contributed by atoms with Gasteiger partial charge in [0.05, 0.1) is 4.92 Å². The van der Waals surface area contributed by atoms with Gasteiger partial charge in [-0.25, -0.2) is 0 Å². The lowest BCUT2D eigenvalue weighted by molar-refractivity contribution is -0.384. The van der Waals surface area contributed by atoms with Crippen molar-refractivity contribution >= 4 is 11.4 Å². The molecule has 0 radical (unpaired) electrons. The topological polar surface area (TPSA) is 71.3 Å². The maximum Gasteiger partial charge on any atom is 0.385 e. The smallest absolute Gasteiger partial charge is 0.258 e. The first-order valence-electron chi connectivity index (χ1n) is 4.91. The van der Waals surface area contributed by atoms with Crippen molar-refractivity contribution in [3.8, 4) is 11.1 Å². The van der Waals surface area contributed by atoms with E-state index in [1.54, 1.807) is 36.4 Å². The molecule has 0 N–H and O–H groups in total. The van der Waals surface area contributed by atoms with Crippen LogP contribution >= 0.6 is 0 Å². The van der Waals surface area contributed by atoms with E-state index in [1.165, 1.54) is 12.1 Å². The Morgan fingerprint density at radius 1 is 0.941 bits per heavy atom. The number of benzene rings is 2. The van der Waals surface area contributed by atoms with E-state index in [-0.39, 0.29) is 5.69 Å². The molecule has 0 aromatic heterocycles. The highest BCUT2D eigenvalue weighted by molar-refractivity contribution is 5.67. The van der Waals surface area contributed by atoms with Crippen LogP contribution in [-0.4, -0.2) is 4.92 Å². The van der Waals surface area contributed by atoms with Crippen LogP contribution in [0.1, 0.15) is 0 Å². The molecule has 0 aliphatic rings. The number of diazo groups is 1. The zero-order valence-electron chi connectivity index (χ0n) is 8.78. The fraction of sp³-hybridized carbons (Fsp3) is 0. The summed E-state index contributed by atoms with van der Waals surface area (Å²) >= 11 is 0. The second kappa shape index (κ2) is 4.41. The summed E-state index contributed by atoms with van der Waals surface area (Å²) in [6, 6.07) is 13.2. The van der Waals surface area contributed by atoms with Crippen LogP contribution < -0.4 is 0 Å². The summed E-state index contributed by atoms with van der Waals surface area (Å²) in [6.45, 7) is 0. The Morgan fingerprint density at radius 2 is 1.41 bits per heavy atom. The van der Waals surface area contributed by atoms with E-state index in [9.17, 15) is 10.1 Å². The summed E-state index contributed by atoms with van der Waals surface area (Å²) in [7, 11) is 0. The van der Waals surface area contributed by atoms with Gasteiger partial charge in [0, 0.05) is 24.3 Å². The second-order valence-corrected chi connectivity index (χ2v) is 3.45. The van der Waals surface area contributed by atoms with Crippen molar-refractivity contribution in [2.75, 3.05) is 0 Å². The largest absolute Gasteiger partial charge is 0.385 e. The van der Waals surface area contributed by atoms with Gasteiger partial charge in [-0.1, -0.05) is 0 Å². The van der Waals surface area contributed by atoms with E-state index < -0.39 is 4.92 Å². The first-order chi connectivity index (χ1) is 8.20. The van der Waals surface area contributed by atoms with Gasteiger partial charge >= 0.3 is 5.69 Å². The molecular formula is C12H8N3O2+. The molecule has 0 aliphatic heterocycles. The molecule has 0 fully saturated rings. The van der Waals surface area contributed by atoms with Crippen molar-refractivity contribution in [3.63, 3.8) is 0 Å². The summed E-state index contributed by atoms with van der Waals surface area (Å²) in [5.74, 6) is 0. The van der Waals surface area contributed by atoms with Crippen molar-refractivity contribution < 1.29 is 4.92 Å². The standard InChI is InChI=1S/C12H8N3O2/c13-14-11-5-1-9(2-6-11)10-3-7-12(8-4-10)15(16)17/h1-8H/q+1. The Labute approximate surface area is 97.1 Å². The predicted octanol–water partition coefficient (Wildman–Crippen LogP) is 3.75. The van der Waals surface area contributed by atoms with Crippen LogP contribution in [0.4, 0.5) is 11.4 Å². The van der Waals surface area contributed by atoms with Crippen molar-refractivity contribution in [2.24, 2.45) is 0 Å². The Hall–Kier alpha value is -2.74. The van der Waals surface area contributed by atoms with Crippen LogP contribution in [0.15, 0.2) is 48.5 Å². The van der Waals surface area contributed by atoms with Crippen molar-refractivity contribution in [1.82, 2.24) is 0 Å². The molecule has 0 spiro atoms. The zero-order valence-corrected chi connectivity index (χ0v) is 8.78. The second-order valence-electron chi connectivity index (χ2n) is 3.45. The molecule has 0 aliphatic carbocycles. The van der Waals surface area contributed by atoms with Gasteiger partial charge in [-0.05, 0) is 35.4 Å². The molecule has 2 aromatic carbocycles. The zero-order chi connectivity index (χ0) is 12.3. The summed E-state index contributed by atoms with van der Waals surface area (Å²) in [6.07, 6.45) is 0. The number of hydrogen-bond donors (Lipinski definition) is 0. The van der Waals surface area contributed by atoms with Gasteiger partial charge in [0.1, 0.15) is 0 Å². The Morgan fingerprint density at radius 3 is 1.82 bits per heavy atom. The molecule has 0 saturated carbocycles. The highest BCUT2D eigenvalue weighted by Crippen LogP contribution is 2.24. The summed E-state index contributed by atoms with van der Waals surface area (Å²) in [5, 5.41) is 19.0. The van der Waals surface area contributed by atoms with Crippen LogP contribution in [-0.2, 0) is 0 Å². The van der Waals surface area contributed by atoms with Crippen LogP contribution in [0.5, 0.6) is 0 Å². The molecule has 5 nitrogen and oxygen atoms in total. The van der Waals surface area contributed by atoms with Gasteiger partial charge in [0.15, 0.2) is 4.98 Å². The van der Waals surface area contributed by atoms with E-state index in [2.05, 4.69) is 4.98 Å². The lowest BCUT2D eigenvalue weighted by Gasteiger charge is -1.99. The minimum absolute atomic E-state index is 0.0655. The molecule has 0 bridgehead atoms. The molecule has 0 atom stereocenters. The quantitative estimate of drug-likeness (QED) is 0.444. The van der Waals surface area contributed by atoms with E-state index in [1.807, 2.05) is 0 Å². The molecule has 17 heavy (non-hydrogen) atoms. The van der Waals surface area contributed by atoms with E-state index in [0.717, 1.165) is 11.1 Å². The van der Waals surface area contributed by atoms with Crippen molar-refractivity contribution in [3.05, 3.63) is 63.6 Å². The third kappa shape index (κ3) is 2.26. The van der Waals surface area contributed by atoms with Crippen molar-refractivity contribution in [1.29, 1.82) is 5.39 Å². The average Bonchev–Trinajstić information content (AvgIpc) is 2.39. The third-order valence-electron chi connectivity index (χ3n) is 2.39. The molecule has 5 heteroatoms. The number of non-ortho nitro benzene ring substituents is 1. The predicted molar refractivity (Wildman–Crippen MR) is 63.3 cm³/mol. The number of nitro groups is 1. The number of rotatable bonds is 2. The lowest BCUT2D eigenvalue weighted by atomic mass is 10.1. The molecule has 0 heterocycles. The molecular weight excluding hydrogens is 218 g/mol. The molecule has 0 unspecified atom stereocenters. The minimum atomic E-state index is -0.433. The van der Waals surface area contributed by atoms with E-state index in [4.69, 9.17) is 5.39 Å². The van der Waals surface area contributed by atoms with Crippen LogP contribution in [0.2, 0.25) is 0 Å². The maximum absolute atomic E-state index is 10.5. The summed E-state index contributed by atoms with van der Waals surface area (Å²) < 4.78 is 0. The van der Waals surface area contributed by atoms with Gasteiger partial charge in [-0.15, -0.1) is 0 Å². The minimum Gasteiger partial charge on any atom is -0.258 e. The van der Waals surface area contributed by atoms with Gasteiger partial charge < -0.3 is 0 Å². The maximum atomic E-state index is 10.5. The first kappa shape index (κ1) is 10.8. The average molecular weight is 226 g/mol. The van der Waals surface area contributed by atoms with Crippen LogP contribution in [0.3, 0.4) is 0 Å². The fourth-order valence-electron chi connectivity index (χ4n) is 1.50. The highest BCUT2D eigenvalue weighted by atomic mass is 16.6. The molecule has 2 aromatic rings. The molecule has 82 valence electrons. The van der Waals surface area contributed by atoms with Gasteiger partial charge in [0.25, 0.3) is 5.69 Å². The van der Waals surface area contributed by atoms with Crippen molar-refractivity contribution in [2.45, 2.75) is 0 Å². The fourth-order valence-corrected chi connectivity index (χ4v) is 1.50. The Balaban J connectivity index is 2.33. The van der Waals surface area contributed by atoms with E-state index >= 15 is 0 Å². The van der Waals surface area contributed by atoms with E-state index in [0.29, 0.717) is 5.69 Å². The Bertz CT molecular complexity index is 583. The summed E-state index contributed by atoms with van der Waals surface area (Å²) in [4.78, 5) is 13.1. The summed E-state index contributed by atoms with van der Waals surface area (Å²) in [5.41, 5.74) is 2.32. The normalized spacial score (nSPS) is 9.59. The van der Waals surface area contributed by atoms with Crippen LogP contribution in [0, 0.1) is 15.5 Å². The SMILES string of the molecule is N#[N+]c1ccc(-c2ccc([N+](=O)[O-])cc2)cc1. The Kier molecular flexibility index (Phi) is 2.79. The number of nitro benzene ring substituents is 1.